The van der Waals surface area contributed by atoms with Gasteiger partial charge in [0.25, 0.3) is 0 Å². The molecular formula is C23H26N2O2. The van der Waals surface area contributed by atoms with Crippen LogP contribution in [0.15, 0.2) is 84.2 Å². The number of allylic oxidation sites excluding steroid dienone is 4. The SMILES string of the molecule is C/C(=C/C(=O)c1ccccc1)NCCCN/C(C)=C\C(=O)c1ccccc1. The Morgan fingerprint density at radius 3 is 1.44 bits per heavy atom. The van der Waals surface area contributed by atoms with E-state index in [2.05, 4.69) is 10.6 Å². The maximum Gasteiger partial charge on any atom is 0.187 e. The summed E-state index contributed by atoms with van der Waals surface area (Å²) >= 11 is 0. The minimum absolute atomic E-state index is 0.00285. The average Bonchev–Trinajstić information content (AvgIpc) is 2.69. The highest BCUT2D eigenvalue weighted by Crippen LogP contribution is 2.03. The van der Waals surface area contributed by atoms with Gasteiger partial charge in [0.1, 0.15) is 0 Å². The van der Waals surface area contributed by atoms with Crippen LogP contribution in [0.4, 0.5) is 0 Å². The molecule has 0 atom stereocenters. The van der Waals surface area contributed by atoms with E-state index >= 15 is 0 Å². The minimum Gasteiger partial charge on any atom is -0.388 e. The first-order valence-corrected chi connectivity index (χ1v) is 9.09. The Kier molecular flexibility index (Phi) is 8.04. The van der Waals surface area contributed by atoms with Crippen LogP contribution in [-0.4, -0.2) is 24.7 Å². The molecule has 0 bridgehead atoms. The molecule has 0 aliphatic rings. The fourth-order valence-electron chi connectivity index (χ4n) is 2.53. The van der Waals surface area contributed by atoms with Gasteiger partial charge in [0.2, 0.25) is 0 Å². The van der Waals surface area contributed by atoms with E-state index in [0.717, 1.165) is 30.9 Å². The molecule has 0 aliphatic carbocycles. The summed E-state index contributed by atoms with van der Waals surface area (Å²) in [6, 6.07) is 18.4. The third-order valence-electron chi connectivity index (χ3n) is 3.97. The maximum atomic E-state index is 12.1. The van der Waals surface area contributed by atoms with Crippen LogP contribution >= 0.6 is 0 Å². The quantitative estimate of drug-likeness (QED) is 0.379. The predicted octanol–water partition coefficient (Wildman–Crippen LogP) is 4.13. The molecule has 0 unspecified atom stereocenters. The highest BCUT2D eigenvalue weighted by Gasteiger charge is 2.03. The number of ketones is 2. The van der Waals surface area contributed by atoms with Gasteiger partial charge in [-0.15, -0.1) is 0 Å². The molecule has 4 heteroatoms. The van der Waals surface area contributed by atoms with E-state index in [0.29, 0.717) is 11.1 Å². The molecule has 2 rings (SSSR count). The monoisotopic (exact) mass is 362 g/mol. The van der Waals surface area contributed by atoms with E-state index in [1.165, 1.54) is 0 Å². The zero-order chi connectivity index (χ0) is 19.5. The van der Waals surface area contributed by atoms with Crippen molar-refractivity contribution in [2.45, 2.75) is 20.3 Å². The van der Waals surface area contributed by atoms with Crippen molar-refractivity contribution in [3.63, 3.8) is 0 Å². The van der Waals surface area contributed by atoms with Crippen LogP contribution in [0.5, 0.6) is 0 Å². The summed E-state index contributed by atoms with van der Waals surface area (Å²) in [6.07, 6.45) is 4.11. The number of hydrogen-bond acceptors (Lipinski definition) is 4. The van der Waals surface area contributed by atoms with Gasteiger partial charge in [0.05, 0.1) is 0 Å². The van der Waals surface area contributed by atoms with E-state index in [4.69, 9.17) is 0 Å². The summed E-state index contributed by atoms with van der Waals surface area (Å²) in [7, 11) is 0. The maximum absolute atomic E-state index is 12.1. The molecule has 0 spiro atoms. The van der Waals surface area contributed by atoms with Gasteiger partial charge in [-0.05, 0) is 20.3 Å². The van der Waals surface area contributed by atoms with Gasteiger partial charge in [-0.2, -0.15) is 0 Å². The lowest BCUT2D eigenvalue weighted by Gasteiger charge is -2.09. The second kappa shape index (κ2) is 10.8. The second-order valence-corrected chi connectivity index (χ2v) is 6.32. The topological polar surface area (TPSA) is 58.2 Å². The number of rotatable bonds is 10. The normalized spacial score (nSPS) is 11.8. The van der Waals surface area contributed by atoms with Gasteiger partial charge in [0, 0.05) is 47.8 Å². The largest absolute Gasteiger partial charge is 0.388 e. The Labute approximate surface area is 161 Å². The lowest BCUT2D eigenvalue weighted by atomic mass is 10.1. The number of nitrogens with one attached hydrogen (secondary N) is 2. The molecule has 0 aromatic heterocycles. The molecule has 2 aromatic rings. The van der Waals surface area contributed by atoms with Crippen LogP contribution in [0.25, 0.3) is 0 Å². The van der Waals surface area contributed by atoms with Crippen molar-refractivity contribution in [1.82, 2.24) is 10.6 Å². The summed E-state index contributed by atoms with van der Waals surface area (Å²) in [5.41, 5.74) is 3.05. The number of carbonyl (C=O) groups excluding carboxylic acids is 2. The minimum atomic E-state index is -0.00285. The lowest BCUT2D eigenvalue weighted by Crippen LogP contribution is -2.20. The molecule has 0 amide bonds. The van der Waals surface area contributed by atoms with Gasteiger partial charge in [-0.3, -0.25) is 9.59 Å². The molecule has 4 nitrogen and oxygen atoms in total. The molecule has 140 valence electrons. The van der Waals surface area contributed by atoms with Gasteiger partial charge < -0.3 is 10.6 Å². The highest BCUT2D eigenvalue weighted by molar-refractivity contribution is 6.05. The molecule has 0 aliphatic heterocycles. The molecule has 27 heavy (non-hydrogen) atoms. The van der Waals surface area contributed by atoms with Crippen LogP contribution in [-0.2, 0) is 0 Å². The van der Waals surface area contributed by atoms with Crippen molar-refractivity contribution in [3.8, 4) is 0 Å². The summed E-state index contributed by atoms with van der Waals surface area (Å²) < 4.78 is 0. The van der Waals surface area contributed by atoms with Crippen molar-refractivity contribution in [3.05, 3.63) is 95.3 Å². The first kappa shape index (κ1) is 20.2. The van der Waals surface area contributed by atoms with Crippen molar-refractivity contribution < 1.29 is 9.59 Å². The highest BCUT2D eigenvalue weighted by atomic mass is 16.1. The average molecular weight is 362 g/mol. The Bertz CT molecular complexity index is 739. The molecular weight excluding hydrogens is 336 g/mol. The second-order valence-electron chi connectivity index (χ2n) is 6.32. The summed E-state index contributed by atoms with van der Waals surface area (Å²) in [5.74, 6) is -0.00569. The van der Waals surface area contributed by atoms with Gasteiger partial charge in [-0.25, -0.2) is 0 Å². The van der Waals surface area contributed by atoms with E-state index in [1.54, 1.807) is 12.2 Å². The predicted molar refractivity (Wildman–Crippen MR) is 110 cm³/mol. The third-order valence-corrected chi connectivity index (χ3v) is 3.97. The summed E-state index contributed by atoms with van der Waals surface area (Å²) in [4.78, 5) is 24.2. The fourth-order valence-corrected chi connectivity index (χ4v) is 2.53. The number of carbonyl (C=O) groups is 2. The van der Waals surface area contributed by atoms with E-state index in [1.807, 2.05) is 74.5 Å². The van der Waals surface area contributed by atoms with Gasteiger partial charge in [0.15, 0.2) is 11.6 Å². The molecule has 0 fully saturated rings. The molecule has 2 aromatic carbocycles. The van der Waals surface area contributed by atoms with Crippen LogP contribution in [0.2, 0.25) is 0 Å². The Hall–Kier alpha value is -3.14. The van der Waals surface area contributed by atoms with Crippen molar-refractivity contribution in [2.75, 3.05) is 13.1 Å². The zero-order valence-electron chi connectivity index (χ0n) is 15.9. The molecule has 0 heterocycles. The summed E-state index contributed by atoms with van der Waals surface area (Å²) in [5, 5.41) is 6.48. The Morgan fingerprint density at radius 2 is 1.07 bits per heavy atom. The van der Waals surface area contributed by atoms with Crippen molar-refractivity contribution in [2.24, 2.45) is 0 Å². The number of benzene rings is 2. The molecule has 2 N–H and O–H groups in total. The first-order valence-electron chi connectivity index (χ1n) is 9.09. The smallest absolute Gasteiger partial charge is 0.187 e. The zero-order valence-corrected chi connectivity index (χ0v) is 15.9. The molecule has 0 saturated carbocycles. The van der Waals surface area contributed by atoms with Gasteiger partial charge in [-0.1, -0.05) is 60.7 Å². The van der Waals surface area contributed by atoms with Gasteiger partial charge >= 0.3 is 0 Å². The van der Waals surface area contributed by atoms with Crippen molar-refractivity contribution in [1.29, 1.82) is 0 Å². The molecule has 0 saturated heterocycles. The van der Waals surface area contributed by atoms with E-state index in [-0.39, 0.29) is 11.6 Å². The van der Waals surface area contributed by atoms with Crippen LogP contribution in [0.1, 0.15) is 41.0 Å². The summed E-state index contributed by atoms with van der Waals surface area (Å²) in [6.45, 7) is 5.27. The number of hydrogen-bond donors (Lipinski definition) is 2. The fraction of sp³-hybridized carbons (Fsp3) is 0.217. The van der Waals surface area contributed by atoms with Crippen molar-refractivity contribution >= 4 is 11.6 Å². The van der Waals surface area contributed by atoms with E-state index < -0.39 is 0 Å². The standard InChI is InChI=1S/C23H26N2O2/c1-18(16-22(26)20-10-5-3-6-11-20)24-14-9-15-25-19(2)17-23(27)21-12-7-4-8-13-21/h3-8,10-13,16-17,24-25H,9,14-15H2,1-2H3/b18-16-,19-17-. The Balaban J connectivity index is 1.69. The van der Waals surface area contributed by atoms with E-state index in [9.17, 15) is 9.59 Å². The van der Waals surface area contributed by atoms with Crippen LogP contribution < -0.4 is 10.6 Å². The van der Waals surface area contributed by atoms with Crippen LogP contribution in [0.3, 0.4) is 0 Å². The molecule has 0 radical (unpaired) electrons. The lowest BCUT2D eigenvalue weighted by molar-refractivity contribution is 0.103. The third kappa shape index (κ3) is 7.32. The van der Waals surface area contributed by atoms with Crippen LogP contribution in [0, 0.1) is 0 Å². The first-order chi connectivity index (χ1) is 13.1. The Morgan fingerprint density at radius 1 is 0.704 bits per heavy atom.